The minimum Gasteiger partial charge on any atom is -0.460 e. The van der Waals surface area contributed by atoms with Crippen molar-refractivity contribution in [1.82, 2.24) is 0 Å². The Bertz CT molecular complexity index is 961. The maximum atomic E-state index is 12.4. The first-order valence-corrected chi connectivity index (χ1v) is 9.88. The average Bonchev–Trinajstić information content (AvgIpc) is 3.11. The minimum absolute atomic E-state index is 0.110. The molecule has 146 valence electrons. The highest BCUT2D eigenvalue weighted by Gasteiger charge is 2.32. The summed E-state index contributed by atoms with van der Waals surface area (Å²) in [7, 11) is 0. The number of anilines is 1. The summed E-state index contributed by atoms with van der Waals surface area (Å²) >= 11 is 6.32. The lowest BCUT2D eigenvalue weighted by Crippen LogP contribution is -2.30. The van der Waals surface area contributed by atoms with Gasteiger partial charge in [-0.15, -0.1) is 0 Å². The van der Waals surface area contributed by atoms with Crippen molar-refractivity contribution in [3.8, 4) is 11.5 Å². The van der Waals surface area contributed by atoms with E-state index in [1.807, 2.05) is 51.1 Å². The second-order valence-electron chi connectivity index (χ2n) is 8.34. The fraction of sp³-hybridized carbons (Fsp3) is 0.348. The summed E-state index contributed by atoms with van der Waals surface area (Å²) in [5.41, 5.74) is 3.34. The van der Waals surface area contributed by atoms with Gasteiger partial charge in [-0.05, 0) is 51.0 Å². The van der Waals surface area contributed by atoms with Gasteiger partial charge in [0.2, 0.25) is 0 Å². The van der Waals surface area contributed by atoms with Crippen LogP contribution in [0.25, 0.3) is 5.57 Å². The van der Waals surface area contributed by atoms with E-state index in [2.05, 4.69) is 17.5 Å². The summed E-state index contributed by atoms with van der Waals surface area (Å²) in [5, 5.41) is 0.570. The lowest BCUT2D eigenvalue weighted by Gasteiger charge is -2.26. The highest BCUT2D eigenvalue weighted by molar-refractivity contribution is 6.32. The summed E-state index contributed by atoms with van der Waals surface area (Å²) in [6.45, 7) is 11.4. The summed E-state index contributed by atoms with van der Waals surface area (Å²) in [6.07, 6.45) is 0.786. The van der Waals surface area contributed by atoms with Crippen molar-refractivity contribution in [1.29, 1.82) is 0 Å². The standard InChI is InChI=1S/C23H24ClNO3/c1-14-17-9-8-16(12-20(17)27-21-18(14)6-5-7-19(21)24)25-11-10-15(13-25)22(26)28-23(2,3)4/h5-9,12,15H,1,10-11,13H2,2-4H3. The van der Waals surface area contributed by atoms with Crippen LogP contribution in [-0.2, 0) is 9.53 Å². The number of halogens is 1. The van der Waals surface area contributed by atoms with Gasteiger partial charge in [0.05, 0.1) is 10.9 Å². The molecule has 0 saturated carbocycles. The molecule has 0 aliphatic carbocycles. The molecule has 2 aliphatic rings. The normalized spacial score (nSPS) is 18.4. The van der Waals surface area contributed by atoms with E-state index in [4.69, 9.17) is 21.1 Å². The van der Waals surface area contributed by atoms with E-state index in [1.54, 1.807) is 0 Å². The first kappa shape index (κ1) is 18.9. The molecule has 1 atom stereocenters. The molecule has 1 saturated heterocycles. The van der Waals surface area contributed by atoms with Gasteiger partial charge in [-0.2, -0.15) is 0 Å². The highest BCUT2D eigenvalue weighted by atomic mass is 35.5. The van der Waals surface area contributed by atoms with Crippen molar-refractivity contribution >= 4 is 28.8 Å². The maximum Gasteiger partial charge on any atom is 0.311 e. The van der Waals surface area contributed by atoms with E-state index in [1.165, 1.54) is 0 Å². The Kier molecular flexibility index (Phi) is 4.62. The Labute approximate surface area is 170 Å². The quantitative estimate of drug-likeness (QED) is 0.522. The molecule has 2 aromatic rings. The van der Waals surface area contributed by atoms with Crippen molar-refractivity contribution in [3.05, 3.63) is 59.1 Å². The minimum atomic E-state index is -0.461. The van der Waals surface area contributed by atoms with Crippen molar-refractivity contribution in [2.24, 2.45) is 5.92 Å². The molecule has 1 fully saturated rings. The number of nitrogens with zero attached hydrogens (tertiary/aromatic N) is 1. The topological polar surface area (TPSA) is 38.8 Å². The monoisotopic (exact) mass is 397 g/mol. The number of carbonyl (C=O) groups is 1. The third kappa shape index (κ3) is 3.49. The number of fused-ring (bicyclic) bond motifs is 2. The Hall–Kier alpha value is -2.46. The Morgan fingerprint density at radius 3 is 2.79 bits per heavy atom. The smallest absolute Gasteiger partial charge is 0.311 e. The number of hydrogen-bond donors (Lipinski definition) is 0. The molecule has 2 heterocycles. The van der Waals surface area contributed by atoms with Crippen LogP contribution in [0.1, 0.15) is 38.3 Å². The van der Waals surface area contributed by atoms with Crippen LogP contribution in [0.3, 0.4) is 0 Å². The molecular formula is C23H24ClNO3. The molecule has 2 aromatic carbocycles. The van der Waals surface area contributed by atoms with Crippen LogP contribution < -0.4 is 9.64 Å². The number of carbonyl (C=O) groups excluding carboxylic acids is 1. The molecule has 0 N–H and O–H groups in total. The molecule has 0 amide bonds. The lowest BCUT2D eigenvalue weighted by molar-refractivity contribution is -0.159. The maximum absolute atomic E-state index is 12.4. The SMILES string of the molecule is C=C1c2ccc(N3CCC(C(=O)OC(C)(C)C)C3)cc2Oc2c(Cl)cccc21. The number of hydrogen-bond acceptors (Lipinski definition) is 4. The van der Waals surface area contributed by atoms with Crippen LogP contribution in [0.5, 0.6) is 11.5 Å². The van der Waals surface area contributed by atoms with Gasteiger partial charge in [-0.1, -0.05) is 30.3 Å². The Morgan fingerprint density at radius 2 is 2.04 bits per heavy atom. The largest absolute Gasteiger partial charge is 0.460 e. The van der Waals surface area contributed by atoms with Gasteiger partial charge < -0.3 is 14.4 Å². The molecule has 0 aromatic heterocycles. The number of rotatable bonds is 2. The molecule has 5 heteroatoms. The van der Waals surface area contributed by atoms with Gasteiger partial charge in [-0.25, -0.2) is 0 Å². The van der Waals surface area contributed by atoms with E-state index in [-0.39, 0.29) is 11.9 Å². The first-order chi connectivity index (χ1) is 13.2. The van der Waals surface area contributed by atoms with Gasteiger partial charge in [0, 0.05) is 36.0 Å². The number of esters is 1. The Balaban J connectivity index is 1.55. The molecular weight excluding hydrogens is 374 g/mol. The van der Waals surface area contributed by atoms with Crippen molar-refractivity contribution in [3.63, 3.8) is 0 Å². The van der Waals surface area contributed by atoms with E-state index < -0.39 is 5.60 Å². The molecule has 0 bridgehead atoms. The van der Waals surface area contributed by atoms with Crippen molar-refractivity contribution < 1.29 is 14.3 Å². The summed E-state index contributed by atoms with van der Waals surface area (Å²) in [4.78, 5) is 14.6. The zero-order valence-electron chi connectivity index (χ0n) is 16.4. The molecule has 4 nitrogen and oxygen atoms in total. The zero-order valence-corrected chi connectivity index (χ0v) is 17.2. The van der Waals surface area contributed by atoms with Crippen LogP contribution in [0, 0.1) is 5.92 Å². The van der Waals surface area contributed by atoms with Crippen LogP contribution in [0.15, 0.2) is 43.0 Å². The summed E-state index contributed by atoms with van der Waals surface area (Å²) in [6, 6.07) is 11.8. The van der Waals surface area contributed by atoms with Gasteiger partial charge in [-0.3, -0.25) is 4.79 Å². The second-order valence-corrected chi connectivity index (χ2v) is 8.75. The Morgan fingerprint density at radius 1 is 1.25 bits per heavy atom. The van der Waals surface area contributed by atoms with Crippen molar-refractivity contribution in [2.75, 3.05) is 18.0 Å². The van der Waals surface area contributed by atoms with Gasteiger partial charge in [0.15, 0.2) is 5.75 Å². The van der Waals surface area contributed by atoms with E-state index in [0.717, 1.165) is 41.1 Å². The lowest BCUT2D eigenvalue weighted by atomic mass is 9.95. The molecule has 0 spiro atoms. The van der Waals surface area contributed by atoms with Crippen LogP contribution in [0.4, 0.5) is 5.69 Å². The average molecular weight is 398 g/mol. The molecule has 4 rings (SSSR count). The zero-order chi connectivity index (χ0) is 20.1. The van der Waals surface area contributed by atoms with E-state index in [0.29, 0.717) is 17.3 Å². The molecule has 28 heavy (non-hydrogen) atoms. The van der Waals surface area contributed by atoms with Gasteiger partial charge in [0.1, 0.15) is 11.4 Å². The number of para-hydroxylation sites is 1. The van der Waals surface area contributed by atoms with Crippen LogP contribution in [-0.4, -0.2) is 24.7 Å². The number of ether oxygens (including phenoxy) is 2. The molecule has 1 unspecified atom stereocenters. The predicted octanol–water partition coefficient (Wildman–Crippen LogP) is 5.68. The summed E-state index contributed by atoms with van der Waals surface area (Å²) < 4.78 is 11.7. The van der Waals surface area contributed by atoms with E-state index >= 15 is 0 Å². The first-order valence-electron chi connectivity index (χ1n) is 9.51. The van der Waals surface area contributed by atoms with Crippen molar-refractivity contribution in [2.45, 2.75) is 32.8 Å². The second kappa shape index (κ2) is 6.85. The van der Waals surface area contributed by atoms with Gasteiger partial charge >= 0.3 is 5.97 Å². The predicted molar refractivity (Wildman–Crippen MR) is 112 cm³/mol. The van der Waals surface area contributed by atoms with Crippen LogP contribution in [0.2, 0.25) is 5.02 Å². The highest BCUT2D eigenvalue weighted by Crippen LogP contribution is 2.47. The fourth-order valence-corrected chi connectivity index (χ4v) is 3.93. The van der Waals surface area contributed by atoms with E-state index in [9.17, 15) is 4.79 Å². The fourth-order valence-electron chi connectivity index (χ4n) is 3.72. The third-order valence-corrected chi connectivity index (χ3v) is 5.39. The molecule has 0 radical (unpaired) electrons. The third-order valence-electron chi connectivity index (χ3n) is 5.09. The summed E-state index contributed by atoms with van der Waals surface area (Å²) in [5.74, 6) is 1.15. The molecule has 2 aliphatic heterocycles. The van der Waals surface area contributed by atoms with Crippen LogP contribution >= 0.6 is 11.6 Å². The van der Waals surface area contributed by atoms with Gasteiger partial charge in [0.25, 0.3) is 0 Å². The number of benzene rings is 2.